The van der Waals surface area contributed by atoms with Gasteiger partial charge < -0.3 is 4.90 Å². The van der Waals surface area contributed by atoms with Crippen LogP contribution in [0.15, 0.2) is 12.4 Å². The van der Waals surface area contributed by atoms with E-state index in [2.05, 4.69) is 40.5 Å². The van der Waals surface area contributed by atoms with Crippen LogP contribution in [-0.4, -0.2) is 47.6 Å². The maximum absolute atomic E-state index is 4.46. The summed E-state index contributed by atoms with van der Waals surface area (Å²) in [7, 11) is 0. The second-order valence-corrected chi connectivity index (χ2v) is 5.43. The van der Waals surface area contributed by atoms with E-state index in [-0.39, 0.29) is 0 Å². The highest BCUT2D eigenvalue weighted by atomic mass is 15.3. The second-order valence-electron chi connectivity index (χ2n) is 5.43. The highest BCUT2D eigenvalue weighted by Gasteiger charge is 2.19. The van der Waals surface area contributed by atoms with Crippen molar-refractivity contribution in [1.29, 1.82) is 0 Å². The van der Waals surface area contributed by atoms with Crippen molar-refractivity contribution in [2.24, 2.45) is 5.92 Å². The molecule has 0 N–H and O–H groups in total. The summed E-state index contributed by atoms with van der Waals surface area (Å²) in [6, 6.07) is 0. The van der Waals surface area contributed by atoms with Gasteiger partial charge in [0.25, 0.3) is 0 Å². The summed E-state index contributed by atoms with van der Waals surface area (Å²) in [6.45, 7) is 12.2. The Labute approximate surface area is 110 Å². The normalized spacial score (nSPS) is 17.4. The van der Waals surface area contributed by atoms with Gasteiger partial charge in [-0.2, -0.15) is 0 Å². The van der Waals surface area contributed by atoms with Crippen molar-refractivity contribution in [2.45, 2.75) is 27.2 Å². The Morgan fingerprint density at radius 2 is 1.72 bits per heavy atom. The van der Waals surface area contributed by atoms with E-state index in [4.69, 9.17) is 0 Å². The number of anilines is 1. The summed E-state index contributed by atoms with van der Waals surface area (Å²) in [5, 5.41) is 0. The Hall–Kier alpha value is -1.16. The molecule has 1 saturated heterocycles. The van der Waals surface area contributed by atoms with E-state index in [1.54, 1.807) is 0 Å². The predicted octanol–water partition coefficient (Wildman–Crippen LogP) is 1.82. The summed E-state index contributed by atoms with van der Waals surface area (Å²) in [4.78, 5) is 13.7. The topological polar surface area (TPSA) is 32.3 Å². The molecular formula is C14H24N4. The minimum Gasteiger partial charge on any atom is -0.338 e. The molecule has 1 aliphatic heterocycles. The van der Waals surface area contributed by atoms with Gasteiger partial charge in [0.05, 0.1) is 0 Å². The molecule has 1 aromatic heterocycles. The molecule has 0 bridgehead atoms. The van der Waals surface area contributed by atoms with E-state index in [0.717, 1.165) is 44.5 Å². The molecule has 100 valence electrons. The largest absolute Gasteiger partial charge is 0.338 e. The van der Waals surface area contributed by atoms with Crippen LogP contribution in [-0.2, 0) is 6.42 Å². The molecule has 1 fully saturated rings. The van der Waals surface area contributed by atoms with Crippen LogP contribution in [0.4, 0.5) is 5.95 Å². The van der Waals surface area contributed by atoms with Gasteiger partial charge in [-0.05, 0) is 17.9 Å². The van der Waals surface area contributed by atoms with Gasteiger partial charge in [0.2, 0.25) is 5.95 Å². The number of nitrogens with zero attached hydrogens (tertiary/aromatic N) is 4. The monoisotopic (exact) mass is 248 g/mol. The number of piperazine rings is 1. The average molecular weight is 248 g/mol. The van der Waals surface area contributed by atoms with Gasteiger partial charge in [-0.3, -0.25) is 4.90 Å². The number of hydrogen-bond donors (Lipinski definition) is 0. The molecule has 1 aliphatic rings. The Morgan fingerprint density at radius 1 is 1.11 bits per heavy atom. The number of hydrogen-bond acceptors (Lipinski definition) is 4. The second kappa shape index (κ2) is 6.14. The molecule has 0 aromatic carbocycles. The fourth-order valence-corrected chi connectivity index (χ4v) is 2.34. The summed E-state index contributed by atoms with van der Waals surface area (Å²) in [5.41, 5.74) is 1.21. The van der Waals surface area contributed by atoms with E-state index >= 15 is 0 Å². The van der Waals surface area contributed by atoms with Crippen LogP contribution in [0.5, 0.6) is 0 Å². The zero-order chi connectivity index (χ0) is 13.0. The summed E-state index contributed by atoms with van der Waals surface area (Å²) < 4.78 is 0. The molecule has 4 nitrogen and oxygen atoms in total. The SMILES string of the molecule is CCc1cnc(N2CCN(CC(C)C)CC2)nc1. The number of aryl methyl sites for hydroxylation is 1. The molecule has 18 heavy (non-hydrogen) atoms. The lowest BCUT2D eigenvalue weighted by Gasteiger charge is -2.35. The van der Waals surface area contributed by atoms with Crippen LogP contribution in [0.1, 0.15) is 26.3 Å². The van der Waals surface area contributed by atoms with E-state index in [1.807, 2.05) is 12.4 Å². The zero-order valence-corrected chi connectivity index (χ0v) is 11.8. The Balaban J connectivity index is 1.88. The first-order valence-corrected chi connectivity index (χ1v) is 6.97. The Kier molecular flexibility index (Phi) is 4.53. The summed E-state index contributed by atoms with van der Waals surface area (Å²) in [5.74, 6) is 1.63. The zero-order valence-electron chi connectivity index (χ0n) is 11.8. The predicted molar refractivity (Wildman–Crippen MR) is 74.9 cm³/mol. The highest BCUT2D eigenvalue weighted by Crippen LogP contribution is 2.12. The van der Waals surface area contributed by atoms with Crippen LogP contribution in [0.3, 0.4) is 0 Å². The molecule has 0 amide bonds. The molecule has 4 heteroatoms. The lowest BCUT2D eigenvalue weighted by Crippen LogP contribution is -2.48. The lowest BCUT2D eigenvalue weighted by atomic mass is 10.2. The van der Waals surface area contributed by atoms with E-state index < -0.39 is 0 Å². The van der Waals surface area contributed by atoms with Crippen LogP contribution in [0, 0.1) is 5.92 Å². The first-order chi connectivity index (χ1) is 8.69. The van der Waals surface area contributed by atoms with Gasteiger partial charge in [-0.15, -0.1) is 0 Å². The molecule has 0 saturated carbocycles. The van der Waals surface area contributed by atoms with Crippen molar-refractivity contribution in [3.05, 3.63) is 18.0 Å². The van der Waals surface area contributed by atoms with Gasteiger partial charge in [0.15, 0.2) is 0 Å². The molecule has 2 heterocycles. The first-order valence-electron chi connectivity index (χ1n) is 6.97. The standard InChI is InChI=1S/C14H24N4/c1-4-13-9-15-14(16-10-13)18-7-5-17(6-8-18)11-12(2)3/h9-10,12H,4-8,11H2,1-3H3. The van der Waals surface area contributed by atoms with Crippen molar-refractivity contribution in [3.63, 3.8) is 0 Å². The molecule has 0 spiro atoms. The third-order valence-electron chi connectivity index (χ3n) is 3.38. The van der Waals surface area contributed by atoms with Crippen molar-refractivity contribution in [1.82, 2.24) is 14.9 Å². The van der Waals surface area contributed by atoms with Crippen molar-refractivity contribution >= 4 is 5.95 Å². The fourth-order valence-electron chi connectivity index (χ4n) is 2.34. The summed E-state index contributed by atoms with van der Waals surface area (Å²) >= 11 is 0. The van der Waals surface area contributed by atoms with Crippen LogP contribution >= 0.6 is 0 Å². The van der Waals surface area contributed by atoms with Gasteiger partial charge in [-0.1, -0.05) is 20.8 Å². The van der Waals surface area contributed by atoms with E-state index in [0.29, 0.717) is 0 Å². The van der Waals surface area contributed by atoms with Crippen LogP contribution in [0.2, 0.25) is 0 Å². The molecule has 0 aliphatic carbocycles. The molecule has 1 aromatic rings. The first kappa shape index (κ1) is 13.3. The average Bonchev–Trinajstić information content (AvgIpc) is 2.39. The van der Waals surface area contributed by atoms with Gasteiger partial charge in [0, 0.05) is 45.1 Å². The molecular weight excluding hydrogens is 224 g/mol. The number of rotatable bonds is 4. The minimum absolute atomic E-state index is 0.747. The van der Waals surface area contributed by atoms with Crippen molar-refractivity contribution < 1.29 is 0 Å². The van der Waals surface area contributed by atoms with Gasteiger partial charge >= 0.3 is 0 Å². The highest BCUT2D eigenvalue weighted by molar-refractivity contribution is 5.30. The Morgan fingerprint density at radius 3 is 2.22 bits per heavy atom. The quantitative estimate of drug-likeness (QED) is 0.813. The maximum Gasteiger partial charge on any atom is 0.225 e. The van der Waals surface area contributed by atoms with E-state index in [1.165, 1.54) is 12.1 Å². The number of aromatic nitrogens is 2. The molecule has 2 rings (SSSR count). The van der Waals surface area contributed by atoms with Gasteiger partial charge in [-0.25, -0.2) is 9.97 Å². The van der Waals surface area contributed by atoms with Crippen molar-refractivity contribution in [3.8, 4) is 0 Å². The third kappa shape index (κ3) is 3.42. The van der Waals surface area contributed by atoms with E-state index in [9.17, 15) is 0 Å². The Bertz CT molecular complexity index is 353. The lowest BCUT2D eigenvalue weighted by molar-refractivity contribution is 0.230. The van der Waals surface area contributed by atoms with Crippen molar-refractivity contribution in [2.75, 3.05) is 37.6 Å². The van der Waals surface area contributed by atoms with Crippen LogP contribution < -0.4 is 4.90 Å². The van der Waals surface area contributed by atoms with Crippen LogP contribution in [0.25, 0.3) is 0 Å². The summed E-state index contributed by atoms with van der Waals surface area (Å²) in [6.07, 6.45) is 4.90. The molecule has 0 atom stereocenters. The molecule has 0 radical (unpaired) electrons. The minimum atomic E-state index is 0.747. The fraction of sp³-hybridized carbons (Fsp3) is 0.714. The third-order valence-corrected chi connectivity index (χ3v) is 3.38. The smallest absolute Gasteiger partial charge is 0.225 e. The molecule has 0 unspecified atom stereocenters. The maximum atomic E-state index is 4.46. The van der Waals surface area contributed by atoms with Gasteiger partial charge in [0.1, 0.15) is 0 Å².